The predicted molar refractivity (Wildman–Crippen MR) is 101 cm³/mol. The van der Waals surface area contributed by atoms with Gasteiger partial charge in [-0.05, 0) is 24.3 Å². The van der Waals surface area contributed by atoms with E-state index in [1.165, 1.54) is 18.5 Å². The molecule has 2 heterocycles. The minimum Gasteiger partial charge on any atom is -0.496 e. The third kappa shape index (κ3) is 3.19. The van der Waals surface area contributed by atoms with Crippen LogP contribution in [0, 0.1) is 5.82 Å². The first kappa shape index (κ1) is 17.0. The molecule has 27 heavy (non-hydrogen) atoms. The molecule has 0 spiro atoms. The highest BCUT2D eigenvalue weighted by Crippen LogP contribution is 2.33. The summed E-state index contributed by atoms with van der Waals surface area (Å²) < 4.78 is 21.3. The van der Waals surface area contributed by atoms with Crippen LogP contribution in [0.15, 0.2) is 61.2 Å². The fourth-order valence-electron chi connectivity index (χ4n) is 3.12. The van der Waals surface area contributed by atoms with Crippen molar-refractivity contribution in [2.45, 2.75) is 6.04 Å². The maximum atomic E-state index is 13.8. The number of imidazole rings is 1. The summed E-state index contributed by atoms with van der Waals surface area (Å²) in [5.41, 5.74) is 1.56. The molecule has 4 rings (SSSR count). The Morgan fingerprint density at radius 3 is 2.74 bits per heavy atom. The molecule has 0 fully saturated rings. The molecule has 1 N–H and O–H groups in total. The third-order valence-corrected chi connectivity index (χ3v) is 4.45. The van der Waals surface area contributed by atoms with Gasteiger partial charge in [-0.25, -0.2) is 19.3 Å². The van der Waals surface area contributed by atoms with Gasteiger partial charge in [0.05, 0.1) is 12.6 Å². The second kappa shape index (κ2) is 7.03. The minimum atomic E-state index is -0.345. The molecule has 0 aliphatic carbocycles. The molecule has 0 amide bonds. The van der Waals surface area contributed by atoms with Crippen LogP contribution in [0.2, 0.25) is 0 Å². The smallest absolute Gasteiger partial charge is 0.138 e. The van der Waals surface area contributed by atoms with E-state index in [0.717, 1.165) is 17.1 Å². The number of methoxy groups -OCH3 is 1. The van der Waals surface area contributed by atoms with Crippen LogP contribution >= 0.6 is 0 Å². The molecule has 136 valence electrons. The minimum absolute atomic E-state index is 0.341. The van der Waals surface area contributed by atoms with Crippen molar-refractivity contribution in [1.29, 1.82) is 0 Å². The average Bonchev–Trinajstić information content (AvgIpc) is 3.12. The predicted octanol–water partition coefficient (Wildman–Crippen LogP) is 3.71. The van der Waals surface area contributed by atoms with Gasteiger partial charge < -0.3 is 14.6 Å². The topological polar surface area (TPSA) is 64.9 Å². The molecular formula is C20H18FN5O. The second-order valence-corrected chi connectivity index (χ2v) is 6.10. The number of nitrogens with one attached hydrogen (secondary N) is 1. The molecule has 1 atom stereocenters. The molecule has 4 aromatic rings. The third-order valence-electron chi connectivity index (χ3n) is 4.45. The van der Waals surface area contributed by atoms with Crippen LogP contribution in [-0.2, 0) is 7.05 Å². The molecule has 1 unspecified atom stereocenters. The first-order chi connectivity index (χ1) is 13.2. The van der Waals surface area contributed by atoms with Gasteiger partial charge in [0, 0.05) is 30.4 Å². The number of aryl methyl sites for hydroxylation is 1. The zero-order valence-corrected chi connectivity index (χ0v) is 14.9. The van der Waals surface area contributed by atoms with Crippen molar-refractivity contribution in [2.24, 2.45) is 7.05 Å². The van der Waals surface area contributed by atoms with Gasteiger partial charge in [0.25, 0.3) is 0 Å². The molecular weight excluding hydrogens is 345 g/mol. The summed E-state index contributed by atoms with van der Waals surface area (Å²) in [5.74, 6) is 1.69. The summed E-state index contributed by atoms with van der Waals surface area (Å²) in [4.78, 5) is 13.0. The number of benzene rings is 2. The summed E-state index contributed by atoms with van der Waals surface area (Å²) in [6.45, 7) is 0. The fourth-order valence-corrected chi connectivity index (χ4v) is 3.12. The Morgan fingerprint density at radius 1 is 1.11 bits per heavy atom. The van der Waals surface area contributed by atoms with E-state index < -0.39 is 0 Å². The van der Waals surface area contributed by atoms with Gasteiger partial charge in [-0.15, -0.1) is 0 Å². The Balaban J connectivity index is 1.86. The lowest BCUT2D eigenvalue weighted by atomic mass is 10.0. The van der Waals surface area contributed by atoms with Gasteiger partial charge >= 0.3 is 0 Å². The molecule has 0 bridgehead atoms. The Morgan fingerprint density at radius 2 is 1.96 bits per heavy atom. The second-order valence-electron chi connectivity index (χ2n) is 6.10. The summed E-state index contributed by atoms with van der Waals surface area (Å²) in [7, 11) is 3.55. The molecule has 0 radical (unpaired) electrons. The van der Waals surface area contributed by atoms with E-state index in [0.29, 0.717) is 16.7 Å². The Kier molecular flexibility index (Phi) is 4.42. The Labute approximate surface area is 155 Å². The van der Waals surface area contributed by atoms with Gasteiger partial charge in [-0.3, -0.25) is 0 Å². The quantitative estimate of drug-likeness (QED) is 0.586. The lowest BCUT2D eigenvalue weighted by Gasteiger charge is -2.22. The highest BCUT2D eigenvalue weighted by atomic mass is 19.1. The standard InChI is InChI=1S/C20H18FN5O/c1-26-10-9-22-20(26)18(14-5-3-4-6-17(14)27-2)25-19-15-11-13(21)7-8-16(15)23-12-24-19/h3-12,18H,1-2H3,(H,23,24,25). The number of hydrogen-bond donors (Lipinski definition) is 1. The molecule has 7 heteroatoms. The van der Waals surface area contributed by atoms with E-state index in [1.807, 2.05) is 42.1 Å². The zero-order valence-electron chi connectivity index (χ0n) is 14.9. The Bertz CT molecular complexity index is 1090. The maximum absolute atomic E-state index is 13.8. The van der Waals surface area contributed by atoms with Gasteiger partial charge in [0.1, 0.15) is 35.6 Å². The summed E-state index contributed by atoms with van der Waals surface area (Å²) in [5, 5.41) is 4.01. The number of rotatable bonds is 5. The maximum Gasteiger partial charge on any atom is 0.138 e. The highest BCUT2D eigenvalue weighted by molar-refractivity contribution is 5.89. The van der Waals surface area contributed by atoms with Crippen LogP contribution in [0.1, 0.15) is 17.4 Å². The van der Waals surface area contributed by atoms with Crippen molar-refractivity contribution < 1.29 is 9.13 Å². The molecule has 0 saturated carbocycles. The van der Waals surface area contributed by atoms with Crippen molar-refractivity contribution >= 4 is 16.7 Å². The normalized spacial score (nSPS) is 12.1. The summed E-state index contributed by atoms with van der Waals surface area (Å²) in [6.07, 6.45) is 5.06. The number of para-hydroxylation sites is 1. The number of ether oxygens (including phenoxy) is 1. The van der Waals surface area contributed by atoms with Crippen molar-refractivity contribution in [3.8, 4) is 5.75 Å². The van der Waals surface area contributed by atoms with Crippen LogP contribution in [0.4, 0.5) is 10.2 Å². The molecule has 6 nitrogen and oxygen atoms in total. The number of halogens is 1. The molecule has 0 aliphatic heterocycles. The number of hydrogen-bond acceptors (Lipinski definition) is 5. The van der Waals surface area contributed by atoms with E-state index in [9.17, 15) is 4.39 Å². The van der Waals surface area contributed by atoms with E-state index in [1.54, 1.807) is 19.4 Å². The van der Waals surface area contributed by atoms with E-state index >= 15 is 0 Å². The van der Waals surface area contributed by atoms with Crippen LogP contribution in [0.3, 0.4) is 0 Å². The average molecular weight is 363 g/mol. The zero-order chi connectivity index (χ0) is 18.8. The van der Waals surface area contributed by atoms with Crippen LogP contribution < -0.4 is 10.1 Å². The van der Waals surface area contributed by atoms with Crippen molar-refractivity contribution in [3.63, 3.8) is 0 Å². The monoisotopic (exact) mass is 363 g/mol. The van der Waals surface area contributed by atoms with E-state index in [2.05, 4.69) is 20.3 Å². The molecule has 2 aromatic carbocycles. The van der Waals surface area contributed by atoms with Gasteiger partial charge in [-0.1, -0.05) is 18.2 Å². The molecule has 2 aromatic heterocycles. The fraction of sp³-hybridized carbons (Fsp3) is 0.150. The van der Waals surface area contributed by atoms with Crippen LogP contribution in [0.5, 0.6) is 5.75 Å². The Hall–Kier alpha value is -3.48. The first-order valence-corrected chi connectivity index (χ1v) is 8.44. The largest absolute Gasteiger partial charge is 0.496 e. The number of nitrogens with zero attached hydrogens (tertiary/aromatic N) is 4. The first-order valence-electron chi connectivity index (χ1n) is 8.44. The van der Waals surface area contributed by atoms with Gasteiger partial charge in [-0.2, -0.15) is 0 Å². The van der Waals surface area contributed by atoms with Crippen LogP contribution in [0.25, 0.3) is 10.9 Å². The van der Waals surface area contributed by atoms with E-state index in [-0.39, 0.29) is 11.9 Å². The van der Waals surface area contributed by atoms with Crippen molar-refractivity contribution in [3.05, 3.63) is 78.4 Å². The lowest BCUT2D eigenvalue weighted by Crippen LogP contribution is -2.18. The number of anilines is 1. The van der Waals surface area contributed by atoms with Gasteiger partial charge in [0.15, 0.2) is 0 Å². The molecule has 0 aliphatic rings. The summed E-state index contributed by atoms with van der Waals surface area (Å²) in [6, 6.07) is 11.8. The SMILES string of the molecule is COc1ccccc1C(Nc1ncnc2ccc(F)cc12)c1nccn1C. The highest BCUT2D eigenvalue weighted by Gasteiger charge is 2.23. The molecule has 0 saturated heterocycles. The van der Waals surface area contributed by atoms with Crippen molar-refractivity contribution in [2.75, 3.05) is 12.4 Å². The van der Waals surface area contributed by atoms with E-state index in [4.69, 9.17) is 4.74 Å². The summed E-state index contributed by atoms with van der Waals surface area (Å²) >= 11 is 0. The van der Waals surface area contributed by atoms with Gasteiger partial charge in [0.2, 0.25) is 0 Å². The number of fused-ring (bicyclic) bond motifs is 1. The van der Waals surface area contributed by atoms with Crippen LogP contribution in [-0.4, -0.2) is 26.6 Å². The lowest BCUT2D eigenvalue weighted by molar-refractivity contribution is 0.408. The van der Waals surface area contributed by atoms with Crippen molar-refractivity contribution in [1.82, 2.24) is 19.5 Å². The number of aromatic nitrogens is 4.